The lowest BCUT2D eigenvalue weighted by atomic mass is 10.3. The number of hydrogen-bond donors (Lipinski definition) is 2. The van der Waals surface area contributed by atoms with E-state index < -0.39 is 17.6 Å². The second-order valence-corrected chi connectivity index (χ2v) is 2.97. The maximum atomic E-state index is 11.5. The number of rotatable bonds is 3. The molecule has 1 amide bonds. The first-order valence-corrected chi connectivity index (χ1v) is 4.82. The van der Waals surface area contributed by atoms with Gasteiger partial charge in [-0.05, 0) is 0 Å². The van der Waals surface area contributed by atoms with Crippen LogP contribution in [0.15, 0.2) is 12.3 Å². The van der Waals surface area contributed by atoms with Gasteiger partial charge in [-0.3, -0.25) is 4.79 Å². The van der Waals surface area contributed by atoms with E-state index in [1.165, 1.54) is 19.4 Å². The largest absolute Gasteiger partial charge is 0.503 e. The van der Waals surface area contributed by atoms with Gasteiger partial charge in [-0.15, -0.1) is 0 Å². The number of carbonyl (C=O) groups is 2. The number of aromatic hydroxyl groups is 1. The van der Waals surface area contributed by atoms with Gasteiger partial charge in [0.25, 0.3) is 0 Å². The van der Waals surface area contributed by atoms with Gasteiger partial charge in [0.2, 0.25) is 0 Å². The molecule has 0 saturated heterocycles. The number of aromatic nitrogens is 1. The average Bonchev–Trinajstić information content (AvgIpc) is 2.35. The minimum absolute atomic E-state index is 0.104. The molecule has 0 radical (unpaired) electrons. The van der Waals surface area contributed by atoms with Gasteiger partial charge in [-0.2, -0.15) is 5.48 Å². The highest BCUT2D eigenvalue weighted by molar-refractivity contribution is 5.95. The third-order valence-corrected chi connectivity index (χ3v) is 1.87. The first kappa shape index (κ1) is 12.8. The van der Waals surface area contributed by atoms with Crippen molar-refractivity contribution in [2.75, 3.05) is 7.11 Å². The van der Waals surface area contributed by atoms with Crippen molar-refractivity contribution in [2.45, 2.75) is 13.3 Å². The van der Waals surface area contributed by atoms with E-state index in [2.05, 4.69) is 9.82 Å². The summed E-state index contributed by atoms with van der Waals surface area (Å²) in [7, 11) is 1.34. The molecule has 1 heterocycles. The molecule has 0 aromatic carbocycles. The minimum Gasteiger partial charge on any atom is -0.503 e. The molecule has 0 aliphatic heterocycles. The Kier molecular flexibility index (Phi) is 4.27. The number of carbonyl (C=O) groups excluding carboxylic acids is 2. The number of pyridine rings is 1. The number of nitrogens with zero attached hydrogens (tertiary/aromatic N) is 1. The fourth-order valence-corrected chi connectivity index (χ4v) is 0.991. The zero-order valence-electron chi connectivity index (χ0n) is 9.39. The van der Waals surface area contributed by atoms with Crippen LogP contribution in [-0.2, 0) is 9.63 Å². The van der Waals surface area contributed by atoms with E-state index in [1.54, 1.807) is 6.92 Å². The summed E-state index contributed by atoms with van der Waals surface area (Å²) in [5.74, 6) is -1.74. The molecular formula is C10H12N2O5. The van der Waals surface area contributed by atoms with E-state index in [0.717, 1.165) is 0 Å². The highest BCUT2D eigenvalue weighted by Crippen LogP contribution is 2.27. The fraction of sp³-hybridized carbons (Fsp3) is 0.300. The van der Waals surface area contributed by atoms with Crippen molar-refractivity contribution in [2.24, 2.45) is 0 Å². The van der Waals surface area contributed by atoms with Crippen LogP contribution in [0.5, 0.6) is 11.5 Å². The van der Waals surface area contributed by atoms with Gasteiger partial charge in [-0.1, -0.05) is 6.92 Å². The smallest absolute Gasteiger partial charge is 0.331 e. The van der Waals surface area contributed by atoms with Crippen LogP contribution in [-0.4, -0.2) is 29.1 Å². The van der Waals surface area contributed by atoms with Gasteiger partial charge < -0.3 is 14.7 Å². The predicted molar refractivity (Wildman–Crippen MR) is 56.3 cm³/mol. The Morgan fingerprint density at radius 1 is 1.53 bits per heavy atom. The first-order valence-electron chi connectivity index (χ1n) is 4.82. The number of amides is 1. The normalized spacial score (nSPS) is 9.53. The molecule has 1 aromatic rings. The van der Waals surface area contributed by atoms with Gasteiger partial charge >= 0.3 is 11.9 Å². The van der Waals surface area contributed by atoms with Crippen LogP contribution in [0.4, 0.5) is 0 Å². The van der Waals surface area contributed by atoms with Gasteiger partial charge in [0.1, 0.15) is 0 Å². The maximum absolute atomic E-state index is 11.5. The lowest BCUT2D eigenvalue weighted by molar-refractivity contribution is -0.148. The van der Waals surface area contributed by atoms with Crippen molar-refractivity contribution in [1.29, 1.82) is 0 Å². The Hall–Kier alpha value is -2.31. The molecule has 0 atom stereocenters. The number of nitrogens with one attached hydrogen (secondary N) is 1. The standard InChI is InChI=1S/C10H12N2O5/c1-3-7(13)17-12-10(15)8-9(14)6(16-2)4-5-11-8/h4-5,14H,3H2,1-2H3,(H,12,15). The van der Waals surface area contributed by atoms with Crippen molar-refractivity contribution in [3.8, 4) is 11.5 Å². The first-order chi connectivity index (χ1) is 8.10. The van der Waals surface area contributed by atoms with E-state index in [9.17, 15) is 14.7 Å². The Balaban J connectivity index is 2.79. The summed E-state index contributed by atoms with van der Waals surface area (Å²) < 4.78 is 4.80. The van der Waals surface area contributed by atoms with Crippen LogP contribution in [0.2, 0.25) is 0 Å². The molecule has 7 heteroatoms. The summed E-state index contributed by atoms with van der Waals surface area (Å²) in [6, 6.07) is 1.39. The molecule has 92 valence electrons. The minimum atomic E-state index is -0.830. The zero-order valence-corrected chi connectivity index (χ0v) is 9.39. The van der Waals surface area contributed by atoms with Crippen molar-refractivity contribution in [3.05, 3.63) is 18.0 Å². The lowest BCUT2D eigenvalue weighted by Gasteiger charge is -2.07. The molecule has 0 spiro atoms. The maximum Gasteiger partial charge on any atom is 0.331 e. The van der Waals surface area contributed by atoms with Crippen LogP contribution in [0.3, 0.4) is 0 Å². The number of hydroxylamine groups is 1. The molecule has 0 aliphatic rings. The highest BCUT2D eigenvalue weighted by Gasteiger charge is 2.17. The van der Waals surface area contributed by atoms with Gasteiger partial charge in [0.05, 0.1) is 7.11 Å². The van der Waals surface area contributed by atoms with Crippen LogP contribution >= 0.6 is 0 Å². The van der Waals surface area contributed by atoms with Crippen LogP contribution in [0, 0.1) is 0 Å². The van der Waals surface area contributed by atoms with Crippen molar-refractivity contribution in [1.82, 2.24) is 10.5 Å². The number of ether oxygens (including phenoxy) is 1. The van der Waals surface area contributed by atoms with E-state index in [4.69, 9.17) is 4.74 Å². The molecule has 0 unspecified atom stereocenters. The van der Waals surface area contributed by atoms with Crippen LogP contribution in [0.25, 0.3) is 0 Å². The molecule has 17 heavy (non-hydrogen) atoms. The number of hydrogen-bond acceptors (Lipinski definition) is 6. The summed E-state index contributed by atoms with van der Waals surface area (Å²) >= 11 is 0. The summed E-state index contributed by atoms with van der Waals surface area (Å²) in [4.78, 5) is 30.4. The Morgan fingerprint density at radius 2 is 2.24 bits per heavy atom. The molecule has 1 rings (SSSR count). The molecular weight excluding hydrogens is 228 g/mol. The molecule has 2 N–H and O–H groups in total. The molecule has 1 aromatic heterocycles. The van der Waals surface area contributed by atoms with E-state index >= 15 is 0 Å². The van der Waals surface area contributed by atoms with Crippen LogP contribution in [0.1, 0.15) is 23.8 Å². The number of methoxy groups -OCH3 is 1. The summed E-state index contributed by atoms with van der Waals surface area (Å²) in [5.41, 5.74) is 1.59. The Bertz CT molecular complexity index is 433. The van der Waals surface area contributed by atoms with E-state index in [-0.39, 0.29) is 17.9 Å². The quantitative estimate of drug-likeness (QED) is 0.742. The molecule has 0 aliphatic carbocycles. The lowest BCUT2D eigenvalue weighted by Crippen LogP contribution is -2.27. The second-order valence-electron chi connectivity index (χ2n) is 2.97. The van der Waals surface area contributed by atoms with Crippen molar-refractivity contribution >= 4 is 11.9 Å². The van der Waals surface area contributed by atoms with Crippen LogP contribution < -0.4 is 10.2 Å². The Morgan fingerprint density at radius 3 is 2.82 bits per heavy atom. The van der Waals surface area contributed by atoms with Crippen molar-refractivity contribution < 1.29 is 24.3 Å². The SMILES string of the molecule is CCC(=O)ONC(=O)c1nccc(OC)c1O. The summed E-state index contributed by atoms with van der Waals surface area (Å²) in [6.07, 6.45) is 1.41. The van der Waals surface area contributed by atoms with Gasteiger partial charge in [-0.25, -0.2) is 9.78 Å². The van der Waals surface area contributed by atoms with Gasteiger partial charge in [0.15, 0.2) is 17.2 Å². The van der Waals surface area contributed by atoms with Gasteiger partial charge in [0, 0.05) is 18.7 Å². The molecule has 0 saturated carbocycles. The third kappa shape index (κ3) is 3.07. The highest BCUT2D eigenvalue weighted by atomic mass is 16.7. The summed E-state index contributed by atoms with van der Waals surface area (Å²) in [6.45, 7) is 1.58. The monoisotopic (exact) mass is 240 g/mol. The molecule has 0 fully saturated rings. The average molecular weight is 240 g/mol. The van der Waals surface area contributed by atoms with E-state index in [1.807, 2.05) is 5.48 Å². The fourth-order valence-electron chi connectivity index (χ4n) is 0.991. The topological polar surface area (TPSA) is 97.8 Å². The second kappa shape index (κ2) is 5.69. The predicted octanol–water partition coefficient (Wildman–Crippen LogP) is 0.394. The van der Waals surface area contributed by atoms with E-state index in [0.29, 0.717) is 0 Å². The molecule has 7 nitrogen and oxygen atoms in total. The third-order valence-electron chi connectivity index (χ3n) is 1.87. The van der Waals surface area contributed by atoms with Crippen molar-refractivity contribution in [3.63, 3.8) is 0 Å². The Labute approximate surface area is 97.3 Å². The summed E-state index contributed by atoms with van der Waals surface area (Å²) in [5, 5.41) is 9.59. The molecule has 0 bridgehead atoms. The zero-order chi connectivity index (χ0) is 12.8.